The minimum atomic E-state index is -0.454. The van der Waals surface area contributed by atoms with E-state index in [-0.39, 0.29) is 11.9 Å². The number of aryl methyl sites for hydroxylation is 1. The van der Waals surface area contributed by atoms with Gasteiger partial charge in [0.25, 0.3) is 5.91 Å². The van der Waals surface area contributed by atoms with Crippen molar-refractivity contribution < 1.29 is 9.18 Å². The molecule has 0 bridgehead atoms. The van der Waals surface area contributed by atoms with Gasteiger partial charge in [0.15, 0.2) is 0 Å². The fourth-order valence-corrected chi connectivity index (χ4v) is 3.70. The molecule has 1 fully saturated rings. The Bertz CT molecular complexity index is 1080. The molecule has 1 amide bonds. The number of hydrogen-bond donors (Lipinski definition) is 2. The summed E-state index contributed by atoms with van der Waals surface area (Å²) in [5.74, 6) is -0.665. The van der Waals surface area contributed by atoms with Gasteiger partial charge in [-0.15, -0.1) is 0 Å². The Labute approximate surface area is 155 Å². The van der Waals surface area contributed by atoms with E-state index in [1.165, 1.54) is 29.8 Å². The van der Waals surface area contributed by atoms with Crippen LogP contribution < -0.4 is 10.9 Å². The van der Waals surface area contributed by atoms with E-state index in [2.05, 4.69) is 29.4 Å². The molecule has 0 spiro atoms. The first-order valence-electron chi connectivity index (χ1n) is 8.94. The van der Waals surface area contributed by atoms with Crippen LogP contribution in [0.5, 0.6) is 0 Å². The van der Waals surface area contributed by atoms with Crippen LogP contribution in [0.25, 0.3) is 10.9 Å². The van der Waals surface area contributed by atoms with Crippen molar-refractivity contribution in [2.24, 2.45) is 0 Å². The Hall–Kier alpha value is -2.99. The molecule has 2 N–H and O–H groups in total. The van der Waals surface area contributed by atoms with Crippen LogP contribution in [0.1, 0.15) is 27.5 Å². The van der Waals surface area contributed by atoms with Gasteiger partial charge >= 0.3 is 0 Å². The lowest BCUT2D eigenvalue weighted by atomic mass is 9.99. The Morgan fingerprint density at radius 3 is 2.81 bits per heavy atom. The first kappa shape index (κ1) is 17.4. The highest BCUT2D eigenvalue weighted by atomic mass is 19.1. The summed E-state index contributed by atoms with van der Waals surface area (Å²) in [5.41, 5.74) is 2.55. The molecule has 0 aliphatic carbocycles. The molecule has 6 heteroatoms. The number of hydrogen-bond acceptors (Lipinski definition) is 3. The van der Waals surface area contributed by atoms with E-state index in [1.54, 1.807) is 4.90 Å². The Balaban J connectivity index is 1.68. The predicted octanol–water partition coefficient (Wildman–Crippen LogP) is 2.76. The van der Waals surface area contributed by atoms with Crippen LogP contribution in [0.3, 0.4) is 0 Å². The smallest absolute Gasteiger partial charge is 0.254 e. The molecule has 4 rings (SSSR count). The molecule has 0 radical (unpaired) electrons. The molecular weight excluding hydrogens is 345 g/mol. The van der Waals surface area contributed by atoms with Crippen molar-refractivity contribution in [2.75, 3.05) is 19.6 Å². The highest BCUT2D eigenvalue weighted by molar-refractivity contribution is 6.06. The topological polar surface area (TPSA) is 65.2 Å². The number of carbonyl (C=O) groups is 1. The highest BCUT2D eigenvalue weighted by Gasteiger charge is 2.27. The number of carbonyl (C=O) groups excluding carboxylic acids is 1. The summed E-state index contributed by atoms with van der Waals surface area (Å²) in [6.45, 7) is 3.78. The number of aromatic amines is 1. The predicted molar refractivity (Wildman–Crippen MR) is 102 cm³/mol. The maximum absolute atomic E-state index is 13.5. The van der Waals surface area contributed by atoms with Crippen molar-refractivity contribution in [3.05, 3.63) is 81.4 Å². The van der Waals surface area contributed by atoms with E-state index in [9.17, 15) is 14.0 Å². The molecule has 1 saturated heterocycles. The van der Waals surface area contributed by atoms with Gasteiger partial charge < -0.3 is 15.2 Å². The maximum atomic E-state index is 13.5. The monoisotopic (exact) mass is 365 g/mol. The summed E-state index contributed by atoms with van der Waals surface area (Å²) in [6, 6.07) is 13.5. The van der Waals surface area contributed by atoms with Gasteiger partial charge in [0, 0.05) is 31.1 Å². The number of fused-ring (bicyclic) bond motifs is 1. The van der Waals surface area contributed by atoms with Crippen molar-refractivity contribution in [2.45, 2.75) is 13.0 Å². The third-order valence-corrected chi connectivity index (χ3v) is 5.06. The van der Waals surface area contributed by atoms with Crippen LogP contribution in [-0.4, -0.2) is 35.4 Å². The van der Waals surface area contributed by atoms with Crippen LogP contribution in [0.2, 0.25) is 0 Å². The van der Waals surface area contributed by atoms with Crippen LogP contribution in [0.4, 0.5) is 4.39 Å². The minimum Gasteiger partial charge on any atom is -0.335 e. The quantitative estimate of drug-likeness (QED) is 0.734. The molecule has 1 aliphatic rings. The normalized spacial score (nSPS) is 17.3. The highest BCUT2D eigenvalue weighted by Crippen LogP contribution is 2.23. The van der Waals surface area contributed by atoms with Crippen LogP contribution >= 0.6 is 0 Å². The number of rotatable bonds is 2. The van der Waals surface area contributed by atoms with Gasteiger partial charge in [0.05, 0.1) is 17.1 Å². The lowest BCUT2D eigenvalue weighted by Crippen LogP contribution is -2.48. The summed E-state index contributed by atoms with van der Waals surface area (Å²) in [6.07, 6.45) is 0. The molecule has 27 heavy (non-hydrogen) atoms. The molecular formula is C21H20FN3O2. The van der Waals surface area contributed by atoms with E-state index >= 15 is 0 Å². The molecule has 1 aliphatic heterocycles. The van der Waals surface area contributed by atoms with E-state index in [0.717, 1.165) is 5.56 Å². The Kier molecular flexibility index (Phi) is 4.49. The van der Waals surface area contributed by atoms with E-state index in [1.807, 2.05) is 12.1 Å². The summed E-state index contributed by atoms with van der Waals surface area (Å²) in [7, 11) is 0. The number of aromatic nitrogens is 1. The second-order valence-corrected chi connectivity index (χ2v) is 6.85. The van der Waals surface area contributed by atoms with Crippen LogP contribution in [0.15, 0.2) is 53.3 Å². The lowest BCUT2D eigenvalue weighted by Gasteiger charge is -2.34. The number of halogens is 1. The number of pyridine rings is 1. The lowest BCUT2D eigenvalue weighted by molar-refractivity contribution is 0.0704. The molecule has 1 atom stereocenters. The molecule has 1 unspecified atom stereocenters. The number of H-pyrrole nitrogens is 1. The largest absolute Gasteiger partial charge is 0.335 e. The third-order valence-electron chi connectivity index (χ3n) is 5.06. The standard InChI is InChI=1S/C21H20FN3O2/c1-13-4-2-3-5-15(13)19-12-25(9-8-23-19)21(27)17-11-20(26)24-18-10-14(22)6-7-16(17)18/h2-7,10-11,19,23H,8-9,12H2,1H3,(H,24,26). The summed E-state index contributed by atoms with van der Waals surface area (Å²) < 4.78 is 13.5. The SMILES string of the molecule is Cc1ccccc1C1CN(C(=O)c2cc(=O)[nH]c3cc(F)ccc23)CCN1. The maximum Gasteiger partial charge on any atom is 0.254 e. The molecule has 5 nitrogen and oxygen atoms in total. The fraction of sp³-hybridized carbons (Fsp3) is 0.238. The molecule has 2 aromatic carbocycles. The van der Waals surface area contributed by atoms with Gasteiger partial charge in [0.2, 0.25) is 5.56 Å². The average Bonchev–Trinajstić information content (AvgIpc) is 2.67. The van der Waals surface area contributed by atoms with E-state index in [0.29, 0.717) is 36.1 Å². The van der Waals surface area contributed by atoms with E-state index < -0.39 is 11.4 Å². The Morgan fingerprint density at radius 2 is 2.00 bits per heavy atom. The van der Waals surface area contributed by atoms with Crippen LogP contribution in [0, 0.1) is 12.7 Å². The number of piperazine rings is 1. The summed E-state index contributed by atoms with van der Waals surface area (Å²) >= 11 is 0. The molecule has 138 valence electrons. The van der Waals surface area contributed by atoms with Crippen LogP contribution in [-0.2, 0) is 0 Å². The number of nitrogens with zero attached hydrogens (tertiary/aromatic N) is 1. The summed E-state index contributed by atoms with van der Waals surface area (Å²) in [5, 5.41) is 4.01. The second-order valence-electron chi connectivity index (χ2n) is 6.85. The van der Waals surface area contributed by atoms with Crippen molar-refractivity contribution in [3.8, 4) is 0 Å². The van der Waals surface area contributed by atoms with Gasteiger partial charge in [-0.1, -0.05) is 24.3 Å². The minimum absolute atomic E-state index is 0.0367. The number of benzene rings is 2. The van der Waals surface area contributed by atoms with Crippen molar-refractivity contribution in [1.29, 1.82) is 0 Å². The van der Waals surface area contributed by atoms with Crippen molar-refractivity contribution in [1.82, 2.24) is 15.2 Å². The molecule has 2 heterocycles. The van der Waals surface area contributed by atoms with Gasteiger partial charge in [-0.3, -0.25) is 9.59 Å². The average molecular weight is 365 g/mol. The zero-order valence-corrected chi connectivity index (χ0v) is 15.0. The zero-order chi connectivity index (χ0) is 19.0. The summed E-state index contributed by atoms with van der Waals surface area (Å²) in [4.78, 5) is 29.5. The number of nitrogens with one attached hydrogen (secondary N) is 2. The molecule has 3 aromatic rings. The fourth-order valence-electron chi connectivity index (χ4n) is 3.70. The van der Waals surface area contributed by atoms with Crippen molar-refractivity contribution >= 4 is 16.8 Å². The molecule has 0 saturated carbocycles. The van der Waals surface area contributed by atoms with Gasteiger partial charge in [-0.25, -0.2) is 4.39 Å². The van der Waals surface area contributed by atoms with Gasteiger partial charge in [-0.05, 0) is 36.2 Å². The number of amides is 1. The third kappa shape index (κ3) is 3.36. The van der Waals surface area contributed by atoms with E-state index in [4.69, 9.17) is 0 Å². The van der Waals surface area contributed by atoms with Crippen molar-refractivity contribution in [3.63, 3.8) is 0 Å². The first-order valence-corrected chi connectivity index (χ1v) is 8.94. The van der Waals surface area contributed by atoms with Gasteiger partial charge in [0.1, 0.15) is 5.82 Å². The van der Waals surface area contributed by atoms with Gasteiger partial charge in [-0.2, -0.15) is 0 Å². The molecule has 1 aromatic heterocycles. The second kappa shape index (κ2) is 6.96. The first-order chi connectivity index (χ1) is 13.0. The Morgan fingerprint density at radius 1 is 1.19 bits per heavy atom. The zero-order valence-electron chi connectivity index (χ0n) is 15.0.